The Balaban J connectivity index is 2.56. The fraction of sp³-hybridized carbons (Fsp3) is 0.273. The second-order valence-electron chi connectivity index (χ2n) is 3.17. The van der Waals surface area contributed by atoms with E-state index in [1.165, 1.54) is 5.56 Å². The van der Waals surface area contributed by atoms with E-state index in [4.69, 9.17) is 11.6 Å². The van der Waals surface area contributed by atoms with E-state index in [-0.39, 0.29) is 0 Å². The van der Waals surface area contributed by atoms with Crippen LogP contribution in [0, 0.1) is 0 Å². The van der Waals surface area contributed by atoms with E-state index in [9.17, 15) is 0 Å². The summed E-state index contributed by atoms with van der Waals surface area (Å²) in [7, 11) is 0. The molecule has 0 bridgehead atoms. The van der Waals surface area contributed by atoms with Crippen LogP contribution >= 0.6 is 27.5 Å². The summed E-state index contributed by atoms with van der Waals surface area (Å²) in [5, 5.41) is 3.90. The van der Waals surface area contributed by atoms with Crippen LogP contribution in [0.15, 0.2) is 40.3 Å². The molecule has 0 aliphatic rings. The number of nitrogens with one attached hydrogen (secondary N) is 1. The highest BCUT2D eigenvalue weighted by atomic mass is 79.9. The second kappa shape index (κ2) is 5.54. The third kappa shape index (κ3) is 3.82. The maximum atomic E-state index is 5.67. The van der Waals surface area contributed by atoms with Gasteiger partial charge in [0.2, 0.25) is 0 Å². The Morgan fingerprint density at radius 1 is 1.50 bits per heavy atom. The zero-order valence-corrected chi connectivity index (χ0v) is 10.4. The Morgan fingerprint density at radius 3 is 2.57 bits per heavy atom. The Hall–Kier alpha value is -0.310. The topological polar surface area (TPSA) is 12.0 Å². The van der Waals surface area contributed by atoms with E-state index in [0.717, 1.165) is 4.47 Å². The van der Waals surface area contributed by atoms with E-state index < -0.39 is 0 Å². The molecule has 0 fully saturated rings. The zero-order chi connectivity index (χ0) is 10.6. The standard InChI is InChI=1S/C11H13BrClN/c1-8(13)7-14-9(2)10-3-5-11(12)6-4-10/h3-6,9,14H,1,7H2,2H3. The molecule has 1 N–H and O–H groups in total. The summed E-state index contributed by atoms with van der Waals surface area (Å²) < 4.78 is 1.09. The summed E-state index contributed by atoms with van der Waals surface area (Å²) in [4.78, 5) is 0. The second-order valence-corrected chi connectivity index (χ2v) is 4.62. The van der Waals surface area contributed by atoms with Crippen molar-refractivity contribution in [1.29, 1.82) is 0 Å². The van der Waals surface area contributed by atoms with E-state index in [2.05, 4.69) is 46.9 Å². The van der Waals surface area contributed by atoms with Gasteiger partial charge >= 0.3 is 0 Å². The van der Waals surface area contributed by atoms with Gasteiger partial charge in [-0.25, -0.2) is 0 Å². The monoisotopic (exact) mass is 273 g/mol. The van der Waals surface area contributed by atoms with E-state index in [0.29, 0.717) is 17.6 Å². The minimum absolute atomic E-state index is 0.290. The predicted octanol–water partition coefficient (Wildman–Crippen LogP) is 3.85. The Kier molecular flexibility index (Phi) is 4.66. The molecule has 3 heteroatoms. The quantitative estimate of drug-likeness (QED) is 0.879. The zero-order valence-electron chi connectivity index (χ0n) is 8.06. The first kappa shape index (κ1) is 11.8. The molecular weight excluding hydrogens is 261 g/mol. The smallest absolute Gasteiger partial charge is 0.0313 e. The van der Waals surface area contributed by atoms with E-state index in [1.54, 1.807) is 0 Å². The van der Waals surface area contributed by atoms with Crippen LogP contribution in [-0.2, 0) is 0 Å². The molecule has 1 rings (SSSR count). The van der Waals surface area contributed by atoms with Gasteiger partial charge in [-0.15, -0.1) is 0 Å². The predicted molar refractivity (Wildman–Crippen MR) is 65.6 cm³/mol. The molecule has 0 saturated heterocycles. The summed E-state index contributed by atoms with van der Waals surface area (Å²) in [5.74, 6) is 0. The minimum Gasteiger partial charge on any atom is -0.305 e. The fourth-order valence-electron chi connectivity index (χ4n) is 1.13. The third-order valence-corrected chi connectivity index (χ3v) is 2.63. The van der Waals surface area contributed by atoms with Crippen molar-refractivity contribution in [3.8, 4) is 0 Å². The maximum Gasteiger partial charge on any atom is 0.0313 e. The first-order valence-corrected chi connectivity index (χ1v) is 5.59. The molecule has 1 nitrogen and oxygen atoms in total. The summed E-state index contributed by atoms with van der Waals surface area (Å²) in [6.45, 7) is 6.37. The van der Waals surface area contributed by atoms with Crippen molar-refractivity contribution in [3.05, 3.63) is 45.9 Å². The molecule has 1 atom stereocenters. The lowest BCUT2D eigenvalue weighted by molar-refractivity contribution is 0.614. The highest BCUT2D eigenvalue weighted by Gasteiger charge is 2.03. The summed E-state index contributed by atoms with van der Waals surface area (Å²) >= 11 is 9.07. The van der Waals surface area contributed by atoms with Crippen molar-refractivity contribution < 1.29 is 0 Å². The first-order chi connectivity index (χ1) is 6.59. The number of benzene rings is 1. The number of hydrogen-bond acceptors (Lipinski definition) is 1. The number of rotatable bonds is 4. The van der Waals surface area contributed by atoms with Gasteiger partial charge in [-0.2, -0.15) is 0 Å². The average molecular weight is 275 g/mol. The van der Waals surface area contributed by atoms with Gasteiger partial charge in [-0.05, 0) is 24.6 Å². The van der Waals surface area contributed by atoms with Gasteiger partial charge in [0.25, 0.3) is 0 Å². The number of hydrogen-bond donors (Lipinski definition) is 1. The van der Waals surface area contributed by atoms with Crippen molar-refractivity contribution in [2.45, 2.75) is 13.0 Å². The van der Waals surface area contributed by atoms with Gasteiger partial charge in [0.15, 0.2) is 0 Å². The molecule has 0 radical (unpaired) electrons. The first-order valence-electron chi connectivity index (χ1n) is 4.41. The molecule has 1 unspecified atom stereocenters. The Morgan fingerprint density at radius 2 is 2.07 bits per heavy atom. The molecular formula is C11H13BrClN. The van der Waals surface area contributed by atoms with E-state index in [1.807, 2.05) is 12.1 Å². The van der Waals surface area contributed by atoms with Gasteiger partial charge < -0.3 is 5.32 Å². The molecule has 14 heavy (non-hydrogen) atoms. The molecule has 0 spiro atoms. The van der Waals surface area contributed by atoms with Gasteiger partial charge in [0.05, 0.1) is 0 Å². The average Bonchev–Trinajstić information content (AvgIpc) is 2.15. The summed E-state index contributed by atoms with van der Waals surface area (Å²) in [5.41, 5.74) is 1.24. The van der Waals surface area contributed by atoms with Crippen molar-refractivity contribution in [2.24, 2.45) is 0 Å². The summed E-state index contributed by atoms with van der Waals surface area (Å²) in [6, 6.07) is 8.52. The van der Waals surface area contributed by atoms with Crippen molar-refractivity contribution in [2.75, 3.05) is 6.54 Å². The van der Waals surface area contributed by atoms with E-state index >= 15 is 0 Å². The Bertz CT molecular complexity index is 308. The largest absolute Gasteiger partial charge is 0.305 e. The molecule has 0 aromatic heterocycles. The molecule has 1 aromatic carbocycles. The van der Waals surface area contributed by atoms with Crippen LogP contribution in [-0.4, -0.2) is 6.54 Å². The van der Waals surface area contributed by atoms with Gasteiger partial charge in [0.1, 0.15) is 0 Å². The van der Waals surface area contributed by atoms with Gasteiger partial charge in [0, 0.05) is 22.1 Å². The Labute approximate surface area is 98.3 Å². The lowest BCUT2D eigenvalue weighted by Crippen LogP contribution is -2.19. The van der Waals surface area contributed by atoms with Gasteiger partial charge in [-0.3, -0.25) is 0 Å². The molecule has 0 heterocycles. The molecule has 0 aliphatic heterocycles. The molecule has 0 amide bonds. The molecule has 76 valence electrons. The van der Waals surface area contributed by atoms with Crippen LogP contribution in [0.3, 0.4) is 0 Å². The maximum absolute atomic E-state index is 5.67. The third-order valence-electron chi connectivity index (χ3n) is 1.97. The normalized spacial score (nSPS) is 12.5. The number of halogens is 2. The van der Waals surface area contributed by atoms with Crippen LogP contribution in [0.5, 0.6) is 0 Å². The van der Waals surface area contributed by atoms with Crippen molar-refractivity contribution >= 4 is 27.5 Å². The van der Waals surface area contributed by atoms with Gasteiger partial charge in [-0.1, -0.05) is 46.2 Å². The lowest BCUT2D eigenvalue weighted by Gasteiger charge is -2.13. The molecule has 0 aliphatic carbocycles. The van der Waals surface area contributed by atoms with Crippen molar-refractivity contribution in [3.63, 3.8) is 0 Å². The fourth-order valence-corrected chi connectivity index (χ4v) is 1.47. The van der Waals surface area contributed by atoms with Crippen LogP contribution in [0.1, 0.15) is 18.5 Å². The van der Waals surface area contributed by atoms with Crippen LogP contribution in [0.25, 0.3) is 0 Å². The summed E-state index contributed by atoms with van der Waals surface area (Å²) in [6.07, 6.45) is 0. The van der Waals surface area contributed by atoms with Crippen LogP contribution < -0.4 is 5.32 Å². The van der Waals surface area contributed by atoms with Crippen molar-refractivity contribution in [1.82, 2.24) is 5.32 Å². The van der Waals surface area contributed by atoms with Crippen LogP contribution in [0.4, 0.5) is 0 Å². The molecule has 1 aromatic rings. The minimum atomic E-state index is 0.290. The lowest BCUT2D eigenvalue weighted by atomic mass is 10.1. The highest BCUT2D eigenvalue weighted by Crippen LogP contribution is 2.16. The highest BCUT2D eigenvalue weighted by molar-refractivity contribution is 9.10. The molecule has 0 saturated carbocycles. The van der Waals surface area contributed by atoms with Crippen LogP contribution in [0.2, 0.25) is 0 Å². The SMILES string of the molecule is C=C(Cl)CNC(C)c1ccc(Br)cc1.